The summed E-state index contributed by atoms with van der Waals surface area (Å²) < 4.78 is 0. The van der Waals surface area contributed by atoms with Crippen LogP contribution in [-0.2, 0) is 0 Å². The lowest BCUT2D eigenvalue weighted by Gasteiger charge is -2.19. The molecule has 0 spiro atoms. The molecular weight excluding hydrogens is 268 g/mol. The lowest BCUT2D eigenvalue weighted by molar-refractivity contribution is 0.517. The van der Waals surface area contributed by atoms with Gasteiger partial charge in [-0.2, -0.15) is 0 Å². The molecule has 2 heterocycles. The van der Waals surface area contributed by atoms with Gasteiger partial charge in [0.2, 0.25) is 0 Å². The van der Waals surface area contributed by atoms with Crippen molar-refractivity contribution in [2.75, 3.05) is 0 Å². The Morgan fingerprint density at radius 2 is 2.11 bits per heavy atom. The molecule has 2 N–H and O–H groups in total. The van der Waals surface area contributed by atoms with E-state index in [-0.39, 0.29) is 5.56 Å². The van der Waals surface area contributed by atoms with Crippen LogP contribution >= 0.6 is 21.6 Å². The number of aromatic nitrogens is 4. The second-order valence-electron chi connectivity index (χ2n) is 4.41. The molecule has 0 aliphatic heterocycles. The maximum absolute atomic E-state index is 11.7. The maximum atomic E-state index is 11.7. The van der Waals surface area contributed by atoms with Gasteiger partial charge < -0.3 is 4.98 Å². The number of rotatable bonds is 3. The summed E-state index contributed by atoms with van der Waals surface area (Å²) in [6.45, 7) is 0. The van der Waals surface area contributed by atoms with Crippen LogP contribution in [0.5, 0.6) is 0 Å². The monoisotopic (exact) mass is 282 g/mol. The summed E-state index contributed by atoms with van der Waals surface area (Å²) in [4.78, 5) is 25.6. The molecule has 5 nitrogen and oxygen atoms in total. The number of hydrogen-bond acceptors (Lipinski definition) is 5. The zero-order valence-electron chi connectivity index (χ0n) is 9.81. The molecule has 2 aromatic heterocycles. The highest BCUT2D eigenvalue weighted by atomic mass is 33.1. The lowest BCUT2D eigenvalue weighted by Crippen LogP contribution is -2.10. The summed E-state index contributed by atoms with van der Waals surface area (Å²) in [5.41, 5.74) is 0.789. The number of imidazole rings is 1. The van der Waals surface area contributed by atoms with Gasteiger partial charge in [0.25, 0.3) is 5.56 Å². The van der Waals surface area contributed by atoms with E-state index in [0.29, 0.717) is 21.6 Å². The third-order valence-electron chi connectivity index (χ3n) is 3.09. The normalized spacial score (nSPS) is 17.3. The first kappa shape index (κ1) is 12.1. The fourth-order valence-corrected chi connectivity index (χ4v) is 4.64. The highest BCUT2D eigenvalue weighted by Crippen LogP contribution is 2.38. The van der Waals surface area contributed by atoms with Crippen molar-refractivity contribution in [1.82, 2.24) is 19.9 Å². The van der Waals surface area contributed by atoms with Crippen molar-refractivity contribution in [3.05, 3.63) is 16.7 Å². The summed E-state index contributed by atoms with van der Waals surface area (Å²) >= 11 is 0. The summed E-state index contributed by atoms with van der Waals surface area (Å²) in [6.07, 6.45) is 8.03. The molecule has 0 saturated heterocycles. The van der Waals surface area contributed by atoms with Crippen molar-refractivity contribution < 1.29 is 0 Å². The third kappa shape index (κ3) is 2.56. The first-order valence-corrected chi connectivity index (χ1v) is 8.31. The largest absolute Gasteiger partial charge is 0.339 e. The van der Waals surface area contributed by atoms with Crippen LogP contribution in [0, 0.1) is 0 Å². The SMILES string of the molecule is O=c1[nH]c(SSC2CCCCC2)nc2nc[nH]c12. The first-order chi connectivity index (χ1) is 8.83. The Morgan fingerprint density at radius 1 is 1.28 bits per heavy atom. The quantitative estimate of drug-likeness (QED) is 0.669. The number of fused-ring (bicyclic) bond motifs is 1. The molecule has 1 aliphatic rings. The van der Waals surface area contributed by atoms with E-state index in [2.05, 4.69) is 19.9 Å². The zero-order chi connectivity index (χ0) is 12.4. The Bertz CT molecular complexity index is 588. The Kier molecular flexibility index (Phi) is 3.60. The van der Waals surface area contributed by atoms with E-state index in [0.717, 1.165) is 0 Å². The molecule has 2 aromatic rings. The smallest absolute Gasteiger partial charge is 0.277 e. The van der Waals surface area contributed by atoms with E-state index in [9.17, 15) is 4.79 Å². The Morgan fingerprint density at radius 3 is 2.94 bits per heavy atom. The number of H-pyrrole nitrogens is 2. The number of nitrogens with zero attached hydrogens (tertiary/aromatic N) is 2. The minimum absolute atomic E-state index is 0.149. The number of nitrogens with one attached hydrogen (secondary N) is 2. The van der Waals surface area contributed by atoms with Gasteiger partial charge in [-0.3, -0.25) is 9.78 Å². The first-order valence-electron chi connectivity index (χ1n) is 6.09. The van der Waals surface area contributed by atoms with E-state index in [1.165, 1.54) is 38.4 Å². The molecule has 3 rings (SSSR count). The molecule has 96 valence electrons. The molecule has 1 fully saturated rings. The van der Waals surface area contributed by atoms with E-state index >= 15 is 0 Å². The minimum atomic E-state index is -0.149. The molecule has 1 aliphatic carbocycles. The minimum Gasteiger partial charge on any atom is -0.339 e. The second-order valence-corrected chi connectivity index (χ2v) is 6.90. The van der Waals surface area contributed by atoms with Gasteiger partial charge in [0.15, 0.2) is 16.3 Å². The number of aromatic amines is 2. The standard InChI is InChI=1S/C11H14N4OS2/c16-10-8-9(13-6-12-8)14-11(15-10)18-17-7-4-2-1-3-5-7/h6-7H,1-5H2,(H2,12,13,14,15,16). The summed E-state index contributed by atoms with van der Waals surface area (Å²) in [7, 11) is 3.37. The van der Waals surface area contributed by atoms with E-state index in [1.807, 2.05) is 10.8 Å². The van der Waals surface area contributed by atoms with Crippen molar-refractivity contribution in [3.63, 3.8) is 0 Å². The van der Waals surface area contributed by atoms with Crippen LogP contribution in [-0.4, -0.2) is 25.2 Å². The van der Waals surface area contributed by atoms with Crippen molar-refractivity contribution in [2.24, 2.45) is 0 Å². The van der Waals surface area contributed by atoms with Gasteiger partial charge in [-0.05, 0) is 23.6 Å². The molecule has 0 radical (unpaired) electrons. The van der Waals surface area contributed by atoms with Crippen LogP contribution in [0.4, 0.5) is 0 Å². The van der Waals surface area contributed by atoms with Gasteiger partial charge >= 0.3 is 0 Å². The Hall–Kier alpha value is -0.950. The average Bonchev–Trinajstić information content (AvgIpc) is 2.86. The zero-order valence-corrected chi connectivity index (χ0v) is 11.4. The van der Waals surface area contributed by atoms with Crippen molar-refractivity contribution in [3.8, 4) is 0 Å². The predicted molar refractivity (Wildman–Crippen MR) is 74.8 cm³/mol. The Labute approximate surface area is 112 Å². The molecule has 1 saturated carbocycles. The topological polar surface area (TPSA) is 74.4 Å². The van der Waals surface area contributed by atoms with Gasteiger partial charge in [0, 0.05) is 5.25 Å². The van der Waals surface area contributed by atoms with E-state index in [4.69, 9.17) is 0 Å². The molecule has 0 atom stereocenters. The molecule has 18 heavy (non-hydrogen) atoms. The third-order valence-corrected chi connectivity index (χ3v) is 5.86. The molecule has 0 bridgehead atoms. The van der Waals surface area contributed by atoms with E-state index < -0.39 is 0 Å². The molecular formula is C11H14N4OS2. The molecule has 7 heteroatoms. The van der Waals surface area contributed by atoms with Gasteiger partial charge in [-0.25, -0.2) is 9.97 Å². The summed E-state index contributed by atoms with van der Waals surface area (Å²) in [5, 5.41) is 1.33. The van der Waals surface area contributed by atoms with Crippen molar-refractivity contribution in [1.29, 1.82) is 0 Å². The van der Waals surface area contributed by atoms with Crippen LogP contribution in [0.2, 0.25) is 0 Å². The maximum Gasteiger partial charge on any atom is 0.277 e. The predicted octanol–water partition coefficient (Wildman–Crippen LogP) is 2.72. The van der Waals surface area contributed by atoms with Crippen molar-refractivity contribution >= 4 is 32.8 Å². The van der Waals surface area contributed by atoms with E-state index in [1.54, 1.807) is 10.8 Å². The van der Waals surface area contributed by atoms with Gasteiger partial charge in [-0.1, -0.05) is 30.1 Å². The van der Waals surface area contributed by atoms with Crippen LogP contribution < -0.4 is 5.56 Å². The van der Waals surface area contributed by atoms with Gasteiger partial charge in [0.1, 0.15) is 0 Å². The summed E-state index contributed by atoms with van der Waals surface area (Å²) in [6, 6.07) is 0. The van der Waals surface area contributed by atoms with Crippen LogP contribution in [0.1, 0.15) is 32.1 Å². The van der Waals surface area contributed by atoms with Crippen molar-refractivity contribution in [2.45, 2.75) is 42.5 Å². The van der Waals surface area contributed by atoms with Crippen LogP contribution in [0.25, 0.3) is 11.2 Å². The highest BCUT2D eigenvalue weighted by molar-refractivity contribution is 8.76. The van der Waals surface area contributed by atoms with Gasteiger partial charge in [-0.15, -0.1) is 0 Å². The molecule has 0 amide bonds. The lowest BCUT2D eigenvalue weighted by atomic mass is 10.0. The average molecular weight is 282 g/mol. The molecule has 0 aromatic carbocycles. The summed E-state index contributed by atoms with van der Waals surface area (Å²) in [5.74, 6) is 0. The fraction of sp³-hybridized carbons (Fsp3) is 0.545. The Balaban J connectivity index is 1.72. The fourth-order valence-electron chi connectivity index (χ4n) is 2.14. The van der Waals surface area contributed by atoms with Crippen LogP contribution in [0.3, 0.4) is 0 Å². The number of hydrogen-bond donors (Lipinski definition) is 2. The highest BCUT2D eigenvalue weighted by Gasteiger charge is 2.15. The second kappa shape index (κ2) is 5.36. The van der Waals surface area contributed by atoms with Gasteiger partial charge in [0.05, 0.1) is 6.33 Å². The van der Waals surface area contributed by atoms with Crippen LogP contribution in [0.15, 0.2) is 16.3 Å². The molecule has 0 unspecified atom stereocenters.